The minimum Gasteiger partial charge on any atom is -0.481 e. The molecule has 0 fully saturated rings. The molecule has 13 nitrogen and oxygen atoms in total. The number of amides is 1. The van der Waals surface area contributed by atoms with Crippen molar-refractivity contribution < 1.29 is 57.6 Å². The highest BCUT2D eigenvalue weighted by molar-refractivity contribution is 7.99. The fourth-order valence-corrected chi connectivity index (χ4v) is 2.87. The Balaban J connectivity index is 4.56. The molecule has 1 atom stereocenters. The molecule has 0 heterocycles. The molecular formula is C23H31NO12S. The number of ether oxygens (including phenoxy) is 5. The number of carbonyl (C=O) groups excluding carboxylic acids is 5. The van der Waals surface area contributed by atoms with E-state index in [4.69, 9.17) is 24.1 Å². The predicted molar refractivity (Wildman–Crippen MR) is 130 cm³/mol. The van der Waals surface area contributed by atoms with Crippen LogP contribution in [-0.2, 0) is 47.7 Å². The topological polar surface area (TPSA) is 181 Å². The number of carbonyl (C=O) groups is 6. The number of nitrogens with one attached hydrogen (secondary N) is 1. The number of hydrogen-bond acceptors (Lipinski definition) is 12. The number of alkyl carbamates (subject to hydrolysis) is 1. The zero-order chi connectivity index (χ0) is 28.4. The van der Waals surface area contributed by atoms with Gasteiger partial charge in [0.25, 0.3) is 5.95 Å². The molecule has 37 heavy (non-hydrogen) atoms. The molecule has 0 aromatic carbocycles. The molecule has 2 N–H and O–H groups in total. The highest BCUT2D eigenvalue weighted by Crippen LogP contribution is 2.12. The predicted octanol–water partition coefficient (Wildman–Crippen LogP) is 1.87. The molecule has 0 spiro atoms. The van der Waals surface area contributed by atoms with Gasteiger partial charge in [0.2, 0.25) is 0 Å². The number of thioether (sulfide) groups is 1. The number of esters is 4. The third-order valence-corrected chi connectivity index (χ3v) is 4.83. The van der Waals surface area contributed by atoms with Gasteiger partial charge in [-0.3, -0.25) is 14.4 Å². The molecule has 0 bridgehead atoms. The van der Waals surface area contributed by atoms with Crippen molar-refractivity contribution in [3.05, 3.63) is 36.8 Å². The molecule has 0 aliphatic carbocycles. The average Bonchev–Trinajstić information content (AvgIpc) is 2.80. The van der Waals surface area contributed by atoms with Gasteiger partial charge in [-0.2, -0.15) is 11.8 Å². The lowest BCUT2D eigenvalue weighted by Crippen LogP contribution is -2.33. The first-order chi connectivity index (χ1) is 17.3. The van der Waals surface area contributed by atoms with Crippen LogP contribution in [-0.4, -0.2) is 78.4 Å². The Kier molecular flexibility index (Phi) is 16.6. The third kappa shape index (κ3) is 18.2. The van der Waals surface area contributed by atoms with Crippen molar-refractivity contribution in [2.45, 2.75) is 39.2 Å². The van der Waals surface area contributed by atoms with E-state index in [-0.39, 0.29) is 55.3 Å². The average molecular weight is 546 g/mol. The number of carboxylic acid groups (broad SMARTS) is 1. The normalized spacial score (nSPS) is 10.8. The summed E-state index contributed by atoms with van der Waals surface area (Å²) in [6.07, 6.45) is -2.74. The maximum Gasteiger partial charge on any atom is 0.407 e. The molecular weight excluding hydrogens is 514 g/mol. The maximum absolute atomic E-state index is 11.9. The second kappa shape index (κ2) is 18.5. The Bertz CT molecular complexity index is 898. The molecule has 0 radical (unpaired) electrons. The summed E-state index contributed by atoms with van der Waals surface area (Å²) in [7, 11) is 0. The number of aliphatic carboxylic acids is 1. The first-order valence-corrected chi connectivity index (χ1v) is 12.0. The van der Waals surface area contributed by atoms with E-state index in [1.165, 1.54) is 13.8 Å². The summed E-state index contributed by atoms with van der Waals surface area (Å²) in [6.45, 7) is 12.5. The molecule has 1 unspecified atom stereocenters. The summed E-state index contributed by atoms with van der Waals surface area (Å²) in [5.41, 5.74) is 0.302. The lowest BCUT2D eigenvalue weighted by atomic mass is 10.3. The van der Waals surface area contributed by atoms with Gasteiger partial charge in [0.05, 0.1) is 25.8 Å². The van der Waals surface area contributed by atoms with Crippen molar-refractivity contribution in [2.24, 2.45) is 0 Å². The molecule has 0 aromatic heterocycles. The van der Waals surface area contributed by atoms with Gasteiger partial charge in [0.15, 0.2) is 0 Å². The van der Waals surface area contributed by atoms with E-state index in [1.807, 2.05) is 0 Å². The van der Waals surface area contributed by atoms with Crippen LogP contribution in [0.4, 0.5) is 4.79 Å². The zero-order valence-corrected chi connectivity index (χ0v) is 21.5. The summed E-state index contributed by atoms with van der Waals surface area (Å²) >= 11 is 1.16. The van der Waals surface area contributed by atoms with Crippen LogP contribution < -0.4 is 5.32 Å². The van der Waals surface area contributed by atoms with Crippen molar-refractivity contribution in [3.8, 4) is 0 Å². The van der Waals surface area contributed by atoms with E-state index in [9.17, 15) is 28.8 Å². The van der Waals surface area contributed by atoms with E-state index in [1.54, 1.807) is 0 Å². The fraction of sp³-hybridized carbons (Fsp3) is 0.478. The lowest BCUT2D eigenvalue weighted by molar-refractivity contribution is -0.152. The van der Waals surface area contributed by atoms with E-state index >= 15 is 0 Å². The van der Waals surface area contributed by atoms with Crippen LogP contribution in [0.5, 0.6) is 0 Å². The van der Waals surface area contributed by atoms with Crippen LogP contribution in [0, 0.1) is 0 Å². The van der Waals surface area contributed by atoms with E-state index < -0.39 is 54.4 Å². The lowest BCUT2D eigenvalue weighted by Gasteiger charge is -2.18. The first kappa shape index (κ1) is 33.2. The summed E-state index contributed by atoms with van der Waals surface area (Å²) in [5.74, 6) is -4.32. The van der Waals surface area contributed by atoms with Crippen molar-refractivity contribution in [1.82, 2.24) is 5.32 Å². The Hall–Kier alpha value is -3.81. The summed E-state index contributed by atoms with van der Waals surface area (Å²) in [4.78, 5) is 68.8. The van der Waals surface area contributed by atoms with Crippen LogP contribution in [0.15, 0.2) is 36.8 Å². The van der Waals surface area contributed by atoms with E-state index in [0.717, 1.165) is 11.8 Å². The maximum atomic E-state index is 11.9. The molecule has 206 valence electrons. The Morgan fingerprint density at radius 2 is 1.51 bits per heavy atom. The van der Waals surface area contributed by atoms with Crippen LogP contribution in [0.25, 0.3) is 0 Å². The second-order valence-corrected chi connectivity index (χ2v) is 8.44. The quantitative estimate of drug-likeness (QED) is 0.0838. The van der Waals surface area contributed by atoms with E-state index in [2.05, 4.69) is 29.8 Å². The minimum absolute atomic E-state index is 0.0370. The van der Waals surface area contributed by atoms with Gasteiger partial charge in [-0.05, 0) is 20.4 Å². The van der Waals surface area contributed by atoms with Gasteiger partial charge in [0, 0.05) is 22.7 Å². The van der Waals surface area contributed by atoms with Crippen molar-refractivity contribution in [2.75, 3.05) is 31.3 Å². The standard InChI is InChI=1S/C23H31NO12S/c1-14(2)21(29)32-10-9-24-23(31)33-12-17(36-19(27)7-6-18(25)26)13-37-11-8-20(28)34-16(5)35-22(30)15(3)4/h17H,1,3,5-13H2,2,4H3,(H,24,31)(H,25,26). The molecule has 0 aliphatic heterocycles. The van der Waals surface area contributed by atoms with Crippen molar-refractivity contribution >= 4 is 47.7 Å². The van der Waals surface area contributed by atoms with Gasteiger partial charge in [-0.15, -0.1) is 0 Å². The van der Waals surface area contributed by atoms with Crippen LogP contribution in [0.1, 0.15) is 33.1 Å². The van der Waals surface area contributed by atoms with E-state index in [0.29, 0.717) is 0 Å². The monoisotopic (exact) mass is 545 g/mol. The molecule has 0 saturated carbocycles. The van der Waals surface area contributed by atoms with Crippen LogP contribution in [0.3, 0.4) is 0 Å². The Labute approximate surface area is 218 Å². The fourth-order valence-electron chi connectivity index (χ4n) is 1.97. The van der Waals surface area contributed by atoms with Gasteiger partial charge in [-0.25, -0.2) is 14.4 Å². The van der Waals surface area contributed by atoms with Gasteiger partial charge >= 0.3 is 35.9 Å². The second-order valence-electron chi connectivity index (χ2n) is 7.29. The minimum atomic E-state index is -1.18. The summed E-state index contributed by atoms with van der Waals surface area (Å²) in [5, 5.41) is 11.0. The first-order valence-electron chi connectivity index (χ1n) is 10.8. The molecule has 1 amide bonds. The van der Waals surface area contributed by atoms with Gasteiger partial charge in [-0.1, -0.05) is 13.2 Å². The molecule has 0 aliphatic rings. The van der Waals surface area contributed by atoms with Crippen molar-refractivity contribution in [1.29, 1.82) is 0 Å². The van der Waals surface area contributed by atoms with Gasteiger partial charge < -0.3 is 34.1 Å². The number of carboxylic acids is 1. The molecule has 0 saturated heterocycles. The highest BCUT2D eigenvalue weighted by Gasteiger charge is 2.19. The van der Waals surface area contributed by atoms with Crippen LogP contribution >= 0.6 is 11.8 Å². The highest BCUT2D eigenvalue weighted by atomic mass is 32.2. The third-order valence-electron chi connectivity index (χ3n) is 3.73. The largest absolute Gasteiger partial charge is 0.481 e. The smallest absolute Gasteiger partial charge is 0.407 e. The molecule has 14 heteroatoms. The van der Waals surface area contributed by atoms with Gasteiger partial charge in [0.1, 0.15) is 19.3 Å². The summed E-state index contributed by atoms with van der Waals surface area (Å²) < 4.78 is 24.4. The zero-order valence-electron chi connectivity index (χ0n) is 20.7. The molecule has 0 aromatic rings. The van der Waals surface area contributed by atoms with Crippen molar-refractivity contribution in [3.63, 3.8) is 0 Å². The SMILES string of the molecule is C=C(OC(=O)CCSCC(COC(=O)NCCOC(=O)C(=C)C)OC(=O)CCC(=O)O)OC(=O)C(=C)C. The molecule has 0 rings (SSSR count). The Morgan fingerprint density at radius 1 is 0.865 bits per heavy atom. The number of hydrogen-bond donors (Lipinski definition) is 2. The van der Waals surface area contributed by atoms with Crippen LogP contribution in [0.2, 0.25) is 0 Å². The number of rotatable bonds is 18. The summed E-state index contributed by atoms with van der Waals surface area (Å²) in [6, 6.07) is 0. The Morgan fingerprint density at radius 3 is 2.11 bits per heavy atom.